The first kappa shape index (κ1) is 32.8. The van der Waals surface area contributed by atoms with Gasteiger partial charge in [-0.2, -0.15) is 0 Å². The van der Waals surface area contributed by atoms with Gasteiger partial charge in [-0.1, -0.05) is 164 Å². The zero-order chi connectivity index (χ0) is 38.2. The standard InChI is InChI=1S/C54H33N3S/c1-2-13-34(14-3-1)36-16-10-17-38(31-36)51-47-22-6-8-25-48(47)55-54(56-51)39-18-11-19-40(32-39)57-49-26-9-7-21-43(49)44-29-28-37(33-50(44)57)42-23-12-24-45-46-30-27-35-15-4-5-20-41(35)52(46)58-53(42)45/h1-33H. The van der Waals surface area contributed by atoms with Crippen molar-refractivity contribution in [2.75, 3.05) is 0 Å². The molecule has 0 saturated carbocycles. The van der Waals surface area contributed by atoms with Crippen molar-refractivity contribution < 1.29 is 0 Å². The quantitative estimate of drug-likeness (QED) is 0.175. The molecule has 4 heteroatoms. The van der Waals surface area contributed by atoms with Gasteiger partial charge in [-0.3, -0.25) is 0 Å². The third-order valence-corrected chi connectivity index (χ3v) is 12.9. The summed E-state index contributed by atoms with van der Waals surface area (Å²) in [5.41, 5.74) is 12.1. The number of aromatic nitrogens is 3. The molecule has 0 aliphatic rings. The van der Waals surface area contributed by atoms with Crippen molar-refractivity contribution in [2.24, 2.45) is 0 Å². The van der Waals surface area contributed by atoms with Gasteiger partial charge in [-0.25, -0.2) is 9.97 Å². The lowest BCUT2D eigenvalue weighted by Crippen LogP contribution is -1.98. The first-order chi connectivity index (χ1) is 28.7. The highest BCUT2D eigenvalue weighted by molar-refractivity contribution is 7.27. The number of benzene rings is 9. The third-order valence-electron chi connectivity index (χ3n) is 11.6. The highest BCUT2D eigenvalue weighted by Gasteiger charge is 2.18. The maximum Gasteiger partial charge on any atom is 0.160 e. The van der Waals surface area contributed by atoms with Crippen LogP contribution in [0.25, 0.3) is 114 Å². The number of hydrogen-bond donors (Lipinski definition) is 0. The molecular weight excluding hydrogens is 723 g/mol. The van der Waals surface area contributed by atoms with Gasteiger partial charge in [0, 0.05) is 53.1 Å². The Morgan fingerprint density at radius 2 is 1.03 bits per heavy atom. The molecule has 12 aromatic rings. The monoisotopic (exact) mass is 755 g/mol. The van der Waals surface area contributed by atoms with Crippen LogP contribution in [0.4, 0.5) is 0 Å². The SMILES string of the molecule is c1ccc(-c2cccc(-c3nc(-c4cccc(-n5c6ccccc6c6ccc(-c7cccc8c7sc7c9ccccc9ccc87)cc65)c4)nc4ccccc34)c2)cc1. The zero-order valence-corrected chi connectivity index (χ0v) is 32.1. The van der Waals surface area contributed by atoms with Crippen LogP contribution in [0.3, 0.4) is 0 Å². The Morgan fingerprint density at radius 3 is 1.97 bits per heavy atom. The Hall–Kier alpha value is -7.40. The van der Waals surface area contributed by atoms with Gasteiger partial charge in [0.15, 0.2) is 5.82 Å². The van der Waals surface area contributed by atoms with Crippen LogP contribution in [-0.2, 0) is 0 Å². The van der Waals surface area contributed by atoms with E-state index in [1.807, 2.05) is 11.3 Å². The molecule has 9 aromatic carbocycles. The predicted molar refractivity (Wildman–Crippen MR) is 246 cm³/mol. The molecule has 58 heavy (non-hydrogen) atoms. The summed E-state index contributed by atoms with van der Waals surface area (Å²) >= 11 is 1.90. The number of thiophene rings is 1. The molecule has 3 heterocycles. The van der Waals surface area contributed by atoms with Gasteiger partial charge in [-0.05, 0) is 69.4 Å². The average molecular weight is 756 g/mol. The fraction of sp³-hybridized carbons (Fsp3) is 0. The van der Waals surface area contributed by atoms with E-state index in [1.54, 1.807) is 0 Å². The lowest BCUT2D eigenvalue weighted by atomic mass is 9.99. The van der Waals surface area contributed by atoms with Crippen molar-refractivity contribution in [3.05, 3.63) is 200 Å². The van der Waals surface area contributed by atoms with Crippen LogP contribution >= 0.6 is 11.3 Å². The summed E-state index contributed by atoms with van der Waals surface area (Å²) in [4.78, 5) is 10.5. The van der Waals surface area contributed by atoms with Crippen molar-refractivity contribution >= 4 is 75.0 Å². The van der Waals surface area contributed by atoms with E-state index in [9.17, 15) is 0 Å². The Bertz CT molecular complexity index is 3580. The summed E-state index contributed by atoms with van der Waals surface area (Å²) in [6, 6.07) is 71.9. The second kappa shape index (κ2) is 13.1. The van der Waals surface area contributed by atoms with Gasteiger partial charge in [-0.15, -0.1) is 11.3 Å². The Labute approximate surface area is 338 Å². The van der Waals surface area contributed by atoms with Crippen LogP contribution in [0.15, 0.2) is 200 Å². The smallest absolute Gasteiger partial charge is 0.160 e. The molecule has 0 unspecified atom stereocenters. The summed E-state index contributed by atoms with van der Waals surface area (Å²) in [6.45, 7) is 0. The molecule has 0 aliphatic heterocycles. The molecule has 12 rings (SSSR count). The molecule has 0 fully saturated rings. The van der Waals surface area contributed by atoms with Crippen LogP contribution in [0.5, 0.6) is 0 Å². The van der Waals surface area contributed by atoms with Crippen LogP contribution in [0, 0.1) is 0 Å². The fourth-order valence-corrected chi connectivity index (χ4v) is 10.2. The second-order valence-electron chi connectivity index (χ2n) is 14.9. The summed E-state index contributed by atoms with van der Waals surface area (Å²) in [7, 11) is 0. The largest absolute Gasteiger partial charge is 0.309 e. The molecule has 270 valence electrons. The van der Waals surface area contributed by atoms with Crippen LogP contribution in [0.1, 0.15) is 0 Å². The Kier molecular flexibility index (Phi) is 7.40. The summed E-state index contributed by atoms with van der Waals surface area (Å²) in [5.74, 6) is 0.700. The highest BCUT2D eigenvalue weighted by Crippen LogP contribution is 2.44. The van der Waals surface area contributed by atoms with Crippen molar-refractivity contribution in [1.29, 1.82) is 0 Å². The van der Waals surface area contributed by atoms with Gasteiger partial charge in [0.05, 0.1) is 22.2 Å². The molecule has 0 aliphatic carbocycles. The zero-order valence-electron chi connectivity index (χ0n) is 31.3. The molecule has 0 bridgehead atoms. The highest BCUT2D eigenvalue weighted by atomic mass is 32.1. The maximum atomic E-state index is 5.32. The number of nitrogens with zero attached hydrogens (tertiary/aromatic N) is 3. The van der Waals surface area contributed by atoms with Gasteiger partial charge in [0.2, 0.25) is 0 Å². The molecule has 0 atom stereocenters. The van der Waals surface area contributed by atoms with Crippen molar-refractivity contribution in [3.8, 4) is 50.6 Å². The van der Waals surface area contributed by atoms with E-state index >= 15 is 0 Å². The molecule has 3 aromatic heterocycles. The van der Waals surface area contributed by atoms with Crippen molar-refractivity contribution in [1.82, 2.24) is 14.5 Å². The third kappa shape index (κ3) is 5.19. The van der Waals surface area contributed by atoms with E-state index in [0.717, 1.165) is 50.0 Å². The van der Waals surface area contributed by atoms with Gasteiger partial charge < -0.3 is 4.57 Å². The molecule has 0 N–H and O–H groups in total. The molecule has 0 spiro atoms. The molecule has 0 saturated heterocycles. The Balaban J connectivity index is 1.03. The lowest BCUT2D eigenvalue weighted by Gasteiger charge is -2.13. The fourth-order valence-electron chi connectivity index (χ4n) is 8.86. The van der Waals surface area contributed by atoms with E-state index in [-0.39, 0.29) is 0 Å². The van der Waals surface area contributed by atoms with E-state index in [2.05, 4.69) is 205 Å². The number of fused-ring (bicyclic) bond motifs is 9. The number of para-hydroxylation sites is 2. The minimum absolute atomic E-state index is 0.700. The number of rotatable bonds is 5. The Morgan fingerprint density at radius 1 is 0.362 bits per heavy atom. The van der Waals surface area contributed by atoms with Crippen LogP contribution in [0.2, 0.25) is 0 Å². The van der Waals surface area contributed by atoms with Crippen LogP contribution < -0.4 is 0 Å². The van der Waals surface area contributed by atoms with Gasteiger partial charge in [0.25, 0.3) is 0 Å². The first-order valence-electron chi connectivity index (χ1n) is 19.7. The summed E-state index contributed by atoms with van der Waals surface area (Å²) in [5, 5.41) is 8.69. The van der Waals surface area contributed by atoms with E-state index < -0.39 is 0 Å². The van der Waals surface area contributed by atoms with Crippen LogP contribution in [-0.4, -0.2) is 14.5 Å². The normalized spacial score (nSPS) is 11.8. The molecule has 3 nitrogen and oxygen atoms in total. The molecule has 0 amide bonds. The lowest BCUT2D eigenvalue weighted by molar-refractivity contribution is 1.17. The summed E-state index contributed by atoms with van der Waals surface area (Å²) < 4.78 is 5.06. The molecule has 0 radical (unpaired) electrons. The van der Waals surface area contributed by atoms with Crippen molar-refractivity contribution in [2.45, 2.75) is 0 Å². The number of hydrogen-bond acceptors (Lipinski definition) is 3. The summed E-state index contributed by atoms with van der Waals surface area (Å²) in [6.07, 6.45) is 0. The minimum atomic E-state index is 0.700. The predicted octanol–water partition coefficient (Wildman–Crippen LogP) is 14.9. The van der Waals surface area contributed by atoms with Gasteiger partial charge in [0.1, 0.15) is 0 Å². The van der Waals surface area contributed by atoms with Gasteiger partial charge >= 0.3 is 0 Å². The molecular formula is C54H33N3S. The average Bonchev–Trinajstić information content (AvgIpc) is 3.85. The topological polar surface area (TPSA) is 30.7 Å². The second-order valence-corrected chi connectivity index (χ2v) is 16.0. The van der Waals surface area contributed by atoms with E-state index in [1.165, 1.54) is 58.4 Å². The van der Waals surface area contributed by atoms with E-state index in [4.69, 9.17) is 9.97 Å². The van der Waals surface area contributed by atoms with E-state index in [0.29, 0.717) is 5.82 Å². The van der Waals surface area contributed by atoms with Crippen molar-refractivity contribution in [3.63, 3.8) is 0 Å². The first-order valence-corrected chi connectivity index (χ1v) is 20.5. The maximum absolute atomic E-state index is 5.32. The minimum Gasteiger partial charge on any atom is -0.309 e.